The van der Waals surface area contributed by atoms with Gasteiger partial charge in [0.2, 0.25) is 11.8 Å². The van der Waals surface area contributed by atoms with Gasteiger partial charge in [-0.1, -0.05) is 0 Å². The first kappa shape index (κ1) is 23.7. The number of hydrogen-bond donors (Lipinski definition) is 2. The summed E-state index contributed by atoms with van der Waals surface area (Å²) in [5.41, 5.74) is 0.568. The molecular weight excluding hydrogens is 451 g/mol. The molecule has 0 radical (unpaired) electrons. The molecule has 1 unspecified atom stereocenters. The number of rotatable bonds is 5. The second-order valence-corrected chi connectivity index (χ2v) is 10.3. The van der Waals surface area contributed by atoms with Crippen molar-refractivity contribution in [3.05, 3.63) is 29.8 Å². The van der Waals surface area contributed by atoms with Gasteiger partial charge in [0.25, 0.3) is 5.91 Å². The van der Waals surface area contributed by atoms with Crippen molar-refractivity contribution in [2.45, 2.75) is 63.1 Å². The van der Waals surface area contributed by atoms with Crippen molar-refractivity contribution in [1.82, 2.24) is 30.3 Å². The summed E-state index contributed by atoms with van der Waals surface area (Å²) in [6.07, 6.45) is 6.26. The number of pyridine rings is 1. The van der Waals surface area contributed by atoms with E-state index in [0.717, 1.165) is 38.4 Å². The highest BCUT2D eigenvalue weighted by atomic mass is 19.1. The van der Waals surface area contributed by atoms with Crippen molar-refractivity contribution in [2.75, 3.05) is 27.2 Å². The Labute approximate surface area is 204 Å². The lowest BCUT2D eigenvalue weighted by Gasteiger charge is -2.41. The van der Waals surface area contributed by atoms with Gasteiger partial charge in [0.05, 0.1) is 19.0 Å². The molecule has 9 nitrogen and oxygen atoms in total. The Morgan fingerprint density at radius 1 is 1.26 bits per heavy atom. The lowest BCUT2D eigenvalue weighted by molar-refractivity contribution is -0.128. The highest BCUT2D eigenvalue weighted by Gasteiger charge is 2.54. The molecule has 0 bridgehead atoms. The molecule has 188 valence electrons. The Hall–Kier alpha value is -3.01. The highest BCUT2D eigenvalue weighted by Crippen LogP contribution is 2.50. The third kappa shape index (κ3) is 4.63. The van der Waals surface area contributed by atoms with E-state index in [0.29, 0.717) is 36.8 Å². The molecule has 5 rings (SSSR count). The van der Waals surface area contributed by atoms with Gasteiger partial charge in [-0.25, -0.2) is 9.37 Å². The maximum absolute atomic E-state index is 14.3. The maximum atomic E-state index is 14.3. The van der Waals surface area contributed by atoms with E-state index in [2.05, 4.69) is 39.4 Å². The van der Waals surface area contributed by atoms with E-state index in [4.69, 9.17) is 4.74 Å². The highest BCUT2D eigenvalue weighted by molar-refractivity contribution is 5.94. The molecule has 2 aromatic rings. The SMILES string of the molecule is COc1cc(-c2cc(C(=O)N3CCC(C(=O)N[C@@H]4CC[C@@H](C)N(C)C4)CC34CC4)[nH]n2)c(F)cn1. The molecule has 2 saturated heterocycles. The molecule has 10 heteroatoms. The molecule has 0 aromatic carbocycles. The molecule has 3 fully saturated rings. The predicted octanol–water partition coefficient (Wildman–Crippen LogP) is 2.60. The van der Waals surface area contributed by atoms with Crippen LogP contribution in [0.4, 0.5) is 4.39 Å². The number of ether oxygens (including phenoxy) is 1. The summed E-state index contributed by atoms with van der Waals surface area (Å²) in [6.45, 7) is 3.61. The molecule has 1 spiro atoms. The van der Waals surface area contributed by atoms with Crippen molar-refractivity contribution in [3.63, 3.8) is 0 Å². The van der Waals surface area contributed by atoms with Crippen LogP contribution in [0, 0.1) is 11.7 Å². The van der Waals surface area contributed by atoms with Gasteiger partial charge in [0.1, 0.15) is 5.69 Å². The van der Waals surface area contributed by atoms with Gasteiger partial charge in [-0.3, -0.25) is 14.7 Å². The first-order valence-corrected chi connectivity index (χ1v) is 12.4. The molecule has 1 saturated carbocycles. The number of methoxy groups -OCH3 is 1. The molecule has 3 aliphatic rings. The summed E-state index contributed by atoms with van der Waals surface area (Å²) in [6, 6.07) is 3.76. The van der Waals surface area contributed by atoms with Crippen LogP contribution in [0.5, 0.6) is 5.88 Å². The van der Waals surface area contributed by atoms with Crippen LogP contribution in [-0.4, -0.2) is 81.7 Å². The van der Waals surface area contributed by atoms with E-state index < -0.39 is 5.82 Å². The lowest BCUT2D eigenvalue weighted by Crippen LogP contribution is -2.54. The molecule has 2 N–H and O–H groups in total. The van der Waals surface area contributed by atoms with Gasteiger partial charge >= 0.3 is 0 Å². The van der Waals surface area contributed by atoms with Crippen LogP contribution in [0.3, 0.4) is 0 Å². The third-order valence-electron chi connectivity index (χ3n) is 8.01. The first-order valence-electron chi connectivity index (χ1n) is 12.4. The van der Waals surface area contributed by atoms with Crippen LogP contribution in [0.2, 0.25) is 0 Å². The lowest BCUT2D eigenvalue weighted by atomic mass is 9.87. The number of aromatic amines is 1. The van der Waals surface area contributed by atoms with E-state index in [-0.39, 0.29) is 40.8 Å². The summed E-state index contributed by atoms with van der Waals surface area (Å²) in [7, 11) is 3.56. The summed E-state index contributed by atoms with van der Waals surface area (Å²) in [5, 5.41) is 10.2. The number of likely N-dealkylation sites (tertiary alicyclic amines) is 2. The second kappa shape index (κ2) is 9.22. The number of halogens is 1. The molecule has 3 atom stereocenters. The van der Waals surface area contributed by atoms with Crippen LogP contribution < -0.4 is 10.1 Å². The minimum absolute atomic E-state index is 0.0816. The minimum atomic E-state index is -0.541. The third-order valence-corrected chi connectivity index (χ3v) is 8.01. The fraction of sp³-hybridized carbons (Fsp3) is 0.600. The zero-order valence-electron chi connectivity index (χ0n) is 20.5. The molecule has 2 amide bonds. The van der Waals surface area contributed by atoms with Crippen LogP contribution in [0.15, 0.2) is 18.3 Å². The number of piperidine rings is 2. The summed E-state index contributed by atoms with van der Waals surface area (Å²) in [4.78, 5) is 34.5. The van der Waals surface area contributed by atoms with Crippen molar-refractivity contribution < 1.29 is 18.7 Å². The summed E-state index contributed by atoms with van der Waals surface area (Å²) in [5.74, 6) is -0.405. The number of nitrogens with one attached hydrogen (secondary N) is 2. The predicted molar refractivity (Wildman–Crippen MR) is 127 cm³/mol. The van der Waals surface area contributed by atoms with E-state index in [9.17, 15) is 14.0 Å². The minimum Gasteiger partial charge on any atom is -0.481 e. The van der Waals surface area contributed by atoms with Crippen molar-refractivity contribution in [2.24, 2.45) is 5.92 Å². The standard InChI is InChI=1S/C25H33FN6O3/c1-15-4-5-17(14-31(15)2)28-23(33)16-6-9-32(25(12-16)7-8-25)24(34)21-11-20(29-30-21)18-10-22(35-3)27-13-19(18)26/h10-11,13,15-17H,4-9,12,14H2,1-3H3,(H,28,33)(H,29,30)/t15-,16?,17-/m1/s1. The van der Waals surface area contributed by atoms with Gasteiger partial charge in [-0.2, -0.15) is 5.10 Å². The van der Waals surface area contributed by atoms with Crippen molar-refractivity contribution in [3.8, 4) is 17.1 Å². The molecule has 1 aliphatic carbocycles. The fourth-order valence-electron chi connectivity index (χ4n) is 5.51. The van der Waals surface area contributed by atoms with Gasteiger partial charge in [-0.15, -0.1) is 0 Å². The number of amides is 2. The van der Waals surface area contributed by atoms with E-state index >= 15 is 0 Å². The Morgan fingerprint density at radius 3 is 2.77 bits per heavy atom. The summed E-state index contributed by atoms with van der Waals surface area (Å²) >= 11 is 0. The van der Waals surface area contributed by atoms with Gasteiger partial charge in [-0.05, 0) is 58.6 Å². The smallest absolute Gasteiger partial charge is 0.272 e. The van der Waals surface area contributed by atoms with Gasteiger partial charge in [0.15, 0.2) is 5.82 Å². The zero-order valence-corrected chi connectivity index (χ0v) is 20.5. The monoisotopic (exact) mass is 484 g/mol. The second-order valence-electron chi connectivity index (χ2n) is 10.3. The average molecular weight is 485 g/mol. The quantitative estimate of drug-likeness (QED) is 0.676. The Morgan fingerprint density at radius 2 is 2.06 bits per heavy atom. The Balaban J connectivity index is 1.24. The molecule has 2 aliphatic heterocycles. The van der Waals surface area contributed by atoms with Crippen LogP contribution >= 0.6 is 0 Å². The van der Waals surface area contributed by atoms with Crippen molar-refractivity contribution in [1.29, 1.82) is 0 Å². The van der Waals surface area contributed by atoms with Gasteiger partial charge in [0, 0.05) is 48.3 Å². The molecular formula is C25H33FN6O3. The number of H-pyrrole nitrogens is 1. The normalized spacial score (nSPS) is 25.9. The van der Waals surface area contributed by atoms with E-state index in [1.807, 2.05) is 4.90 Å². The first-order chi connectivity index (χ1) is 16.8. The van der Waals surface area contributed by atoms with Crippen LogP contribution in [-0.2, 0) is 4.79 Å². The number of nitrogens with zero attached hydrogens (tertiary/aromatic N) is 4. The van der Waals surface area contributed by atoms with E-state index in [1.54, 1.807) is 6.07 Å². The fourth-order valence-corrected chi connectivity index (χ4v) is 5.51. The summed E-state index contributed by atoms with van der Waals surface area (Å²) < 4.78 is 19.4. The Bertz CT molecular complexity index is 1120. The zero-order chi connectivity index (χ0) is 24.7. The molecule has 35 heavy (non-hydrogen) atoms. The van der Waals surface area contributed by atoms with Crippen molar-refractivity contribution >= 4 is 11.8 Å². The maximum Gasteiger partial charge on any atom is 0.272 e. The Kier molecular flexibility index (Phi) is 6.25. The average Bonchev–Trinajstić information content (AvgIpc) is 3.42. The number of carbonyl (C=O) groups is 2. The van der Waals surface area contributed by atoms with Crippen LogP contribution in [0.25, 0.3) is 11.3 Å². The molecule has 2 aromatic heterocycles. The largest absolute Gasteiger partial charge is 0.481 e. The number of carbonyl (C=O) groups excluding carboxylic acids is 2. The van der Waals surface area contributed by atoms with Gasteiger partial charge < -0.3 is 19.9 Å². The number of aromatic nitrogens is 3. The molecule has 4 heterocycles. The van der Waals surface area contributed by atoms with Crippen LogP contribution in [0.1, 0.15) is 55.9 Å². The topological polar surface area (TPSA) is 103 Å². The number of likely N-dealkylation sites (N-methyl/N-ethyl adjacent to an activating group) is 1. The van der Waals surface area contributed by atoms with E-state index in [1.165, 1.54) is 13.2 Å². The number of hydrogen-bond acceptors (Lipinski definition) is 6.